The van der Waals surface area contributed by atoms with E-state index in [0.29, 0.717) is 29.9 Å². The van der Waals surface area contributed by atoms with Crippen LogP contribution in [0.15, 0.2) is 42.5 Å². The highest BCUT2D eigenvalue weighted by atomic mass is 16.5. The molecule has 2 atom stereocenters. The number of nitrogens with one attached hydrogen (secondary N) is 2. The third-order valence-electron chi connectivity index (χ3n) is 7.15. The molecule has 2 aliphatic heterocycles. The van der Waals surface area contributed by atoms with E-state index in [1.54, 1.807) is 43.2 Å². The van der Waals surface area contributed by atoms with Crippen LogP contribution in [0.3, 0.4) is 0 Å². The van der Waals surface area contributed by atoms with Crippen molar-refractivity contribution in [3.05, 3.63) is 59.3 Å². The number of benzene rings is 2. The van der Waals surface area contributed by atoms with E-state index in [0.717, 1.165) is 33.5 Å². The number of ether oxygens (including phenoxy) is 1. The van der Waals surface area contributed by atoms with Crippen LogP contribution in [0, 0.1) is 0 Å². The molecule has 2 aliphatic rings. The summed E-state index contributed by atoms with van der Waals surface area (Å²) in [6.45, 7) is 6.08. The number of aromatic amines is 1. The van der Waals surface area contributed by atoms with Crippen molar-refractivity contribution in [2.45, 2.75) is 45.2 Å². The monoisotopic (exact) mass is 460 g/mol. The summed E-state index contributed by atoms with van der Waals surface area (Å²) >= 11 is 0. The van der Waals surface area contributed by atoms with Crippen molar-refractivity contribution in [1.82, 2.24) is 15.2 Å². The summed E-state index contributed by atoms with van der Waals surface area (Å²) in [5.41, 5.74) is 2.02. The molecule has 0 spiro atoms. The lowest BCUT2D eigenvalue weighted by Gasteiger charge is -2.35. The molecule has 0 radical (unpaired) electrons. The van der Waals surface area contributed by atoms with Crippen molar-refractivity contribution in [3.8, 4) is 5.75 Å². The normalized spacial score (nSPS) is 20.4. The Labute approximate surface area is 197 Å². The first-order chi connectivity index (χ1) is 16.3. The molecule has 2 N–H and O–H groups in total. The zero-order valence-corrected chi connectivity index (χ0v) is 19.8. The number of hydrogen-bond acceptors (Lipinski definition) is 4. The topological polar surface area (TPSA) is 94.7 Å². The van der Waals surface area contributed by atoms with Crippen LogP contribution in [-0.2, 0) is 16.8 Å². The molecule has 8 heteroatoms. The molecule has 0 bridgehead atoms. The Hall–Kier alpha value is -3.81. The highest BCUT2D eigenvalue weighted by molar-refractivity contribution is 6.25. The van der Waals surface area contributed by atoms with E-state index >= 15 is 0 Å². The summed E-state index contributed by atoms with van der Waals surface area (Å²) in [6.07, 6.45) is 1.39. The maximum absolute atomic E-state index is 14.0. The number of amides is 4. The van der Waals surface area contributed by atoms with Gasteiger partial charge in [-0.3, -0.25) is 9.59 Å². The first-order valence-electron chi connectivity index (χ1n) is 11.6. The summed E-state index contributed by atoms with van der Waals surface area (Å²) in [6, 6.07) is 12.1. The summed E-state index contributed by atoms with van der Waals surface area (Å²) < 4.78 is 5.39. The second kappa shape index (κ2) is 7.90. The molecule has 2 aromatic carbocycles. The van der Waals surface area contributed by atoms with Crippen LogP contribution in [0.4, 0.5) is 10.5 Å². The van der Waals surface area contributed by atoms with Gasteiger partial charge in [0.2, 0.25) is 0 Å². The molecule has 2 unspecified atom stereocenters. The number of imide groups is 1. The van der Waals surface area contributed by atoms with Crippen LogP contribution in [0.2, 0.25) is 0 Å². The lowest BCUT2D eigenvalue weighted by atomic mass is 9.87. The molecule has 1 aromatic heterocycles. The van der Waals surface area contributed by atoms with Gasteiger partial charge in [0.25, 0.3) is 11.8 Å². The Kier molecular flexibility index (Phi) is 5.11. The van der Waals surface area contributed by atoms with Gasteiger partial charge in [-0.15, -0.1) is 0 Å². The first-order valence-corrected chi connectivity index (χ1v) is 11.6. The molecule has 3 aromatic rings. The van der Waals surface area contributed by atoms with Gasteiger partial charge in [0.05, 0.1) is 24.1 Å². The van der Waals surface area contributed by atoms with Gasteiger partial charge in [0.1, 0.15) is 5.75 Å². The van der Waals surface area contributed by atoms with Gasteiger partial charge in [-0.05, 0) is 62.6 Å². The number of carbonyl (C=O) groups is 3. The number of aromatic nitrogens is 1. The van der Waals surface area contributed by atoms with Crippen LogP contribution in [0.25, 0.3) is 10.9 Å². The van der Waals surface area contributed by atoms with E-state index in [1.165, 1.54) is 0 Å². The fourth-order valence-electron chi connectivity index (χ4n) is 5.02. The van der Waals surface area contributed by atoms with Crippen LogP contribution < -0.4 is 15.0 Å². The molecule has 0 saturated carbocycles. The minimum Gasteiger partial charge on any atom is -0.497 e. The Balaban J connectivity index is 1.60. The number of hydrogen-bond donors (Lipinski definition) is 2. The number of nitrogens with zero attached hydrogens (tertiary/aromatic N) is 2. The van der Waals surface area contributed by atoms with Crippen LogP contribution >= 0.6 is 0 Å². The van der Waals surface area contributed by atoms with Crippen molar-refractivity contribution < 1.29 is 19.1 Å². The number of urea groups is 1. The second-order valence-corrected chi connectivity index (χ2v) is 9.09. The molecule has 3 heterocycles. The minimum absolute atomic E-state index is 0.0275. The van der Waals surface area contributed by atoms with Crippen LogP contribution in [-0.4, -0.2) is 47.4 Å². The van der Waals surface area contributed by atoms with Crippen molar-refractivity contribution in [1.29, 1.82) is 0 Å². The van der Waals surface area contributed by atoms with Gasteiger partial charge in [-0.1, -0.05) is 19.1 Å². The Morgan fingerprint density at radius 2 is 2.00 bits per heavy atom. The maximum Gasteiger partial charge on any atom is 0.332 e. The lowest BCUT2D eigenvalue weighted by molar-refractivity contribution is -0.125. The first kappa shape index (κ1) is 22.0. The predicted octanol–water partition coefficient (Wildman–Crippen LogP) is 3.94. The van der Waals surface area contributed by atoms with E-state index in [9.17, 15) is 14.4 Å². The smallest absolute Gasteiger partial charge is 0.332 e. The van der Waals surface area contributed by atoms with Crippen molar-refractivity contribution >= 4 is 34.4 Å². The van der Waals surface area contributed by atoms with Gasteiger partial charge < -0.3 is 19.9 Å². The SMILES string of the molecule is CCC(C)NC(=O)c1ccccc1N1C(=O)N2CCc3c([nH]c4ccc(OC)cc34)C2(C)C1=O. The summed E-state index contributed by atoms with van der Waals surface area (Å²) in [7, 11) is 1.62. The van der Waals surface area contributed by atoms with Gasteiger partial charge >= 0.3 is 6.03 Å². The Morgan fingerprint density at radius 1 is 1.24 bits per heavy atom. The predicted molar refractivity (Wildman–Crippen MR) is 129 cm³/mol. The van der Waals surface area contributed by atoms with E-state index in [4.69, 9.17) is 4.74 Å². The Morgan fingerprint density at radius 3 is 2.74 bits per heavy atom. The summed E-state index contributed by atoms with van der Waals surface area (Å²) in [4.78, 5) is 46.7. The van der Waals surface area contributed by atoms with E-state index in [2.05, 4.69) is 10.3 Å². The van der Waals surface area contributed by atoms with Gasteiger partial charge in [-0.25, -0.2) is 9.69 Å². The largest absolute Gasteiger partial charge is 0.497 e. The molecule has 0 aliphatic carbocycles. The fraction of sp³-hybridized carbons (Fsp3) is 0.346. The zero-order chi connectivity index (χ0) is 24.2. The van der Waals surface area contributed by atoms with Gasteiger partial charge in [0.15, 0.2) is 5.54 Å². The number of rotatable bonds is 5. The number of para-hydroxylation sites is 1. The van der Waals surface area contributed by atoms with Gasteiger partial charge in [-0.2, -0.15) is 0 Å². The van der Waals surface area contributed by atoms with Crippen LogP contribution in [0.1, 0.15) is 48.8 Å². The second-order valence-electron chi connectivity index (χ2n) is 9.09. The summed E-state index contributed by atoms with van der Waals surface area (Å²) in [5, 5.41) is 3.92. The molecular formula is C26H28N4O4. The molecule has 8 nitrogen and oxygen atoms in total. The van der Waals surface area contributed by atoms with E-state index in [1.807, 2.05) is 32.0 Å². The third kappa shape index (κ3) is 3.01. The van der Waals surface area contributed by atoms with E-state index < -0.39 is 11.6 Å². The molecular weight excluding hydrogens is 432 g/mol. The molecule has 34 heavy (non-hydrogen) atoms. The average molecular weight is 461 g/mol. The van der Waals surface area contributed by atoms with Crippen molar-refractivity contribution in [2.24, 2.45) is 0 Å². The number of methoxy groups -OCH3 is 1. The number of H-pyrrole nitrogens is 1. The third-order valence-corrected chi connectivity index (χ3v) is 7.15. The lowest BCUT2D eigenvalue weighted by Crippen LogP contribution is -2.49. The van der Waals surface area contributed by atoms with Crippen molar-refractivity contribution in [2.75, 3.05) is 18.6 Å². The highest BCUT2D eigenvalue weighted by Crippen LogP contribution is 2.46. The average Bonchev–Trinajstić information content (AvgIpc) is 3.31. The molecule has 176 valence electrons. The standard InChI is InChI=1S/C26H28N4O4/c1-5-15(2)27-23(31)18-8-6-7-9-21(18)30-24(32)26(3)22-17(12-13-29(26)25(30)33)19-14-16(34-4)10-11-20(19)28-22/h6-11,14-15,28H,5,12-13H2,1-4H3,(H,27,31). The molecule has 1 fully saturated rings. The van der Waals surface area contributed by atoms with Crippen molar-refractivity contribution in [3.63, 3.8) is 0 Å². The van der Waals surface area contributed by atoms with Crippen LogP contribution in [0.5, 0.6) is 5.75 Å². The number of anilines is 1. The van der Waals surface area contributed by atoms with Gasteiger partial charge in [0, 0.05) is 23.5 Å². The molecule has 5 rings (SSSR count). The zero-order valence-electron chi connectivity index (χ0n) is 19.8. The Bertz CT molecular complexity index is 1330. The maximum atomic E-state index is 14.0. The molecule has 4 amide bonds. The number of fused-ring (bicyclic) bond motifs is 5. The summed E-state index contributed by atoms with van der Waals surface area (Å²) in [5.74, 6) is 0.0540. The number of carbonyl (C=O) groups excluding carboxylic acids is 3. The highest BCUT2D eigenvalue weighted by Gasteiger charge is 2.59. The molecule has 1 saturated heterocycles. The van der Waals surface area contributed by atoms with E-state index in [-0.39, 0.29) is 17.9 Å². The fourth-order valence-corrected chi connectivity index (χ4v) is 5.02. The minimum atomic E-state index is -1.20. The quantitative estimate of drug-likeness (QED) is 0.564.